The fraction of sp³-hybridized carbons (Fsp3) is 0.481. The first kappa shape index (κ1) is 26.0. The zero-order valence-electron chi connectivity index (χ0n) is 19.8. The van der Waals surface area contributed by atoms with Crippen LogP contribution in [0, 0.1) is 24.6 Å². The molecule has 1 heterocycles. The van der Waals surface area contributed by atoms with Gasteiger partial charge in [-0.2, -0.15) is 0 Å². The molecule has 0 amide bonds. The molecule has 1 fully saturated rings. The van der Waals surface area contributed by atoms with Gasteiger partial charge in [0.05, 0.1) is 0 Å². The number of nitrogens with one attached hydrogen (secondary N) is 1. The Labute approximate surface area is 200 Å². The molecule has 2 aromatic rings. The lowest BCUT2D eigenvalue weighted by molar-refractivity contribution is -0.113. The predicted octanol–water partition coefficient (Wildman–Crippen LogP) is 3.31. The standard InChI is InChI=1S/C27H35FN2O4/c1-19-23(9-5-10-25(19)28)26-21(18-32)16-30(13-3-2-11-29-12-6-14-31)17-24(26)27(34)20-7-4-8-22(33)15-20/h4-5,7-10,15,18,21,24,26,29,31,33H,2-3,6,11-14,16-17H2,1H3/t21-,24-,26-/m0/s1. The van der Waals surface area contributed by atoms with Crippen LogP contribution in [0.15, 0.2) is 42.5 Å². The molecule has 3 atom stereocenters. The number of aliphatic hydroxyl groups excluding tert-OH is 1. The van der Waals surface area contributed by atoms with Crippen LogP contribution >= 0.6 is 0 Å². The molecule has 0 saturated carbocycles. The fourth-order valence-corrected chi connectivity index (χ4v) is 4.95. The normalized spacial score (nSPS) is 20.9. The molecule has 1 saturated heterocycles. The summed E-state index contributed by atoms with van der Waals surface area (Å²) in [5.74, 6) is -1.89. The summed E-state index contributed by atoms with van der Waals surface area (Å²) in [4.78, 5) is 28.0. The Balaban J connectivity index is 1.81. The largest absolute Gasteiger partial charge is 0.508 e. The highest BCUT2D eigenvalue weighted by molar-refractivity contribution is 5.99. The lowest BCUT2D eigenvalue weighted by Crippen LogP contribution is -2.49. The molecule has 3 N–H and O–H groups in total. The zero-order valence-corrected chi connectivity index (χ0v) is 19.8. The number of likely N-dealkylation sites (tertiary alicyclic amines) is 1. The third-order valence-electron chi connectivity index (χ3n) is 6.72. The van der Waals surface area contributed by atoms with Crippen LogP contribution in [0.4, 0.5) is 4.39 Å². The van der Waals surface area contributed by atoms with E-state index in [2.05, 4.69) is 10.2 Å². The molecule has 0 unspecified atom stereocenters. The number of halogens is 1. The van der Waals surface area contributed by atoms with Crippen LogP contribution < -0.4 is 5.32 Å². The number of nitrogens with zero attached hydrogens (tertiary/aromatic N) is 1. The average Bonchev–Trinajstić information content (AvgIpc) is 2.84. The van der Waals surface area contributed by atoms with Crippen molar-refractivity contribution in [3.05, 3.63) is 65.0 Å². The molecule has 0 bridgehead atoms. The topological polar surface area (TPSA) is 89.9 Å². The van der Waals surface area contributed by atoms with Crippen molar-refractivity contribution in [2.45, 2.75) is 32.1 Å². The maximum atomic E-state index is 14.4. The van der Waals surface area contributed by atoms with Crippen LogP contribution in [0.5, 0.6) is 5.75 Å². The highest BCUT2D eigenvalue weighted by atomic mass is 19.1. The zero-order chi connectivity index (χ0) is 24.5. The van der Waals surface area contributed by atoms with Gasteiger partial charge < -0.3 is 25.2 Å². The summed E-state index contributed by atoms with van der Waals surface area (Å²) in [5.41, 5.74) is 1.56. The Morgan fingerprint density at radius 3 is 2.65 bits per heavy atom. The quantitative estimate of drug-likeness (QED) is 0.251. The first-order chi connectivity index (χ1) is 16.5. The van der Waals surface area contributed by atoms with Crippen molar-refractivity contribution in [1.29, 1.82) is 0 Å². The van der Waals surface area contributed by atoms with E-state index in [1.54, 1.807) is 25.1 Å². The maximum absolute atomic E-state index is 14.4. The molecule has 0 spiro atoms. The van der Waals surface area contributed by atoms with Crippen LogP contribution in [0.25, 0.3) is 0 Å². The lowest BCUT2D eigenvalue weighted by atomic mass is 9.70. The van der Waals surface area contributed by atoms with E-state index in [0.717, 1.165) is 45.2 Å². The summed E-state index contributed by atoms with van der Waals surface area (Å²) in [6, 6.07) is 11.1. The smallest absolute Gasteiger partial charge is 0.167 e. The van der Waals surface area contributed by atoms with Crippen LogP contribution in [0.2, 0.25) is 0 Å². The Morgan fingerprint density at radius 2 is 1.91 bits per heavy atom. The molecule has 2 aromatic carbocycles. The van der Waals surface area contributed by atoms with E-state index in [1.165, 1.54) is 18.2 Å². The van der Waals surface area contributed by atoms with E-state index in [-0.39, 0.29) is 24.0 Å². The van der Waals surface area contributed by atoms with E-state index < -0.39 is 17.8 Å². The molecule has 0 radical (unpaired) electrons. The van der Waals surface area contributed by atoms with Crippen molar-refractivity contribution in [3.63, 3.8) is 0 Å². The molecule has 1 aliphatic rings. The molecular formula is C27H35FN2O4. The third kappa shape index (κ3) is 6.50. The number of carbonyl (C=O) groups excluding carboxylic acids is 2. The van der Waals surface area contributed by atoms with Crippen LogP contribution in [0.1, 0.15) is 46.7 Å². The van der Waals surface area contributed by atoms with E-state index in [4.69, 9.17) is 5.11 Å². The van der Waals surface area contributed by atoms with Gasteiger partial charge in [0.25, 0.3) is 0 Å². The van der Waals surface area contributed by atoms with Gasteiger partial charge in [-0.15, -0.1) is 0 Å². The van der Waals surface area contributed by atoms with Gasteiger partial charge in [0.2, 0.25) is 0 Å². The summed E-state index contributed by atoms with van der Waals surface area (Å²) in [6.07, 6.45) is 3.49. The average molecular weight is 471 g/mol. The fourth-order valence-electron chi connectivity index (χ4n) is 4.95. The van der Waals surface area contributed by atoms with Crippen molar-refractivity contribution < 1.29 is 24.2 Å². The number of hydrogen-bond donors (Lipinski definition) is 3. The molecular weight excluding hydrogens is 435 g/mol. The Hall–Kier alpha value is -2.61. The number of Topliss-reactive ketones (excluding diaryl/α,β-unsaturated/α-hetero) is 1. The second kappa shape index (κ2) is 12.7. The number of phenols is 1. The summed E-state index contributed by atoms with van der Waals surface area (Å²) < 4.78 is 14.4. The SMILES string of the molecule is Cc1c(F)cccc1[C@@H]1[C@H](C=O)CN(CCCCNCCCO)C[C@@H]1C(=O)c1cccc(O)c1. The number of unbranched alkanes of at least 4 members (excludes halogenated alkanes) is 1. The molecule has 0 aromatic heterocycles. The van der Waals surface area contributed by atoms with Crippen molar-refractivity contribution in [2.75, 3.05) is 39.3 Å². The predicted molar refractivity (Wildman–Crippen MR) is 130 cm³/mol. The first-order valence-electron chi connectivity index (χ1n) is 12.0. The number of hydrogen-bond acceptors (Lipinski definition) is 6. The van der Waals surface area contributed by atoms with Gasteiger partial charge in [0.1, 0.15) is 17.9 Å². The molecule has 184 valence electrons. The van der Waals surface area contributed by atoms with Crippen LogP contribution in [0.3, 0.4) is 0 Å². The van der Waals surface area contributed by atoms with Gasteiger partial charge in [0, 0.05) is 43.0 Å². The van der Waals surface area contributed by atoms with Gasteiger partial charge >= 0.3 is 0 Å². The summed E-state index contributed by atoms with van der Waals surface area (Å²) in [5, 5.41) is 22.0. The summed E-state index contributed by atoms with van der Waals surface area (Å²) in [6.45, 7) is 5.24. The Kier molecular flexibility index (Phi) is 9.74. The molecule has 6 nitrogen and oxygen atoms in total. The first-order valence-corrected chi connectivity index (χ1v) is 12.0. The summed E-state index contributed by atoms with van der Waals surface area (Å²) >= 11 is 0. The molecule has 0 aliphatic carbocycles. The van der Waals surface area contributed by atoms with Crippen LogP contribution in [-0.2, 0) is 4.79 Å². The maximum Gasteiger partial charge on any atom is 0.167 e. The number of phenolic OH excluding ortho intramolecular Hbond substituents is 1. The molecule has 34 heavy (non-hydrogen) atoms. The third-order valence-corrected chi connectivity index (χ3v) is 6.72. The van der Waals surface area contributed by atoms with Crippen molar-refractivity contribution >= 4 is 12.1 Å². The Bertz CT molecular complexity index is 967. The molecule has 3 rings (SSSR count). The lowest BCUT2D eigenvalue weighted by Gasteiger charge is -2.42. The van der Waals surface area contributed by atoms with Crippen LogP contribution in [-0.4, -0.2) is 66.5 Å². The monoisotopic (exact) mass is 470 g/mol. The Morgan fingerprint density at radius 1 is 1.15 bits per heavy atom. The van der Waals surface area contributed by atoms with E-state index in [1.807, 2.05) is 6.07 Å². The number of benzene rings is 2. The second-order valence-corrected chi connectivity index (χ2v) is 9.09. The number of piperidine rings is 1. The minimum Gasteiger partial charge on any atom is -0.508 e. The van der Waals surface area contributed by atoms with Gasteiger partial charge in [-0.1, -0.05) is 24.3 Å². The summed E-state index contributed by atoms with van der Waals surface area (Å²) in [7, 11) is 0. The van der Waals surface area contributed by atoms with Gasteiger partial charge in [-0.05, 0) is 75.1 Å². The van der Waals surface area contributed by atoms with Gasteiger partial charge in [-0.25, -0.2) is 4.39 Å². The highest BCUT2D eigenvalue weighted by Crippen LogP contribution is 2.40. The minimum absolute atomic E-state index is 0.0117. The van der Waals surface area contributed by atoms with Gasteiger partial charge in [-0.3, -0.25) is 4.79 Å². The highest BCUT2D eigenvalue weighted by Gasteiger charge is 2.42. The number of rotatable bonds is 12. The number of aromatic hydroxyl groups is 1. The van der Waals surface area contributed by atoms with Crippen molar-refractivity contribution in [3.8, 4) is 5.75 Å². The van der Waals surface area contributed by atoms with Crippen molar-refractivity contribution in [1.82, 2.24) is 10.2 Å². The minimum atomic E-state index is -0.533. The van der Waals surface area contributed by atoms with Crippen molar-refractivity contribution in [2.24, 2.45) is 11.8 Å². The number of carbonyl (C=O) groups is 2. The molecule has 1 aliphatic heterocycles. The van der Waals surface area contributed by atoms with Gasteiger partial charge in [0.15, 0.2) is 5.78 Å². The molecule has 7 heteroatoms. The number of aldehydes is 1. The van der Waals surface area contributed by atoms with E-state index >= 15 is 0 Å². The second-order valence-electron chi connectivity index (χ2n) is 9.09. The number of ketones is 1. The van der Waals surface area contributed by atoms with E-state index in [9.17, 15) is 19.1 Å². The number of aliphatic hydroxyl groups is 1. The van der Waals surface area contributed by atoms with E-state index in [0.29, 0.717) is 29.8 Å².